The van der Waals surface area contributed by atoms with Gasteiger partial charge in [0.15, 0.2) is 11.5 Å². The number of aliphatic carboxylic acids is 1. The van der Waals surface area contributed by atoms with Gasteiger partial charge in [-0.05, 0) is 53.1 Å². The van der Waals surface area contributed by atoms with Crippen molar-refractivity contribution in [3.8, 4) is 23.0 Å². The number of carbonyl (C=O) groups excluding carboxylic acids is 3. The summed E-state index contributed by atoms with van der Waals surface area (Å²) in [4.78, 5) is 50.8. The van der Waals surface area contributed by atoms with Gasteiger partial charge in [0.2, 0.25) is 17.7 Å². The molecule has 3 aromatic rings. The number of carbonyl (C=O) groups is 4. The molecule has 0 radical (unpaired) electrons. The largest absolute Gasteiger partial charge is 0.508 e. The number of carboxylic acids is 1. The SMILES string of the molecule is CC(=O)NC1Cc2ccc(cc2)Oc2cc(ccc2O)CC(C(=O)O)NC(=O)[C@H](Cc2ccc(O)cc2)NC1=O. The van der Waals surface area contributed by atoms with E-state index in [0.29, 0.717) is 22.4 Å². The van der Waals surface area contributed by atoms with Crippen molar-refractivity contribution in [1.29, 1.82) is 0 Å². The molecule has 0 aromatic heterocycles. The molecule has 3 amide bonds. The first-order chi connectivity index (χ1) is 19.1. The molecular weight excluding hydrogens is 518 g/mol. The lowest BCUT2D eigenvalue weighted by atomic mass is 10.0. The summed E-state index contributed by atoms with van der Waals surface area (Å²) in [5.74, 6) is -2.79. The highest BCUT2D eigenvalue weighted by Crippen LogP contribution is 2.32. The van der Waals surface area contributed by atoms with E-state index in [1.165, 1.54) is 37.3 Å². The van der Waals surface area contributed by atoms with E-state index in [9.17, 15) is 34.5 Å². The van der Waals surface area contributed by atoms with E-state index in [-0.39, 0.29) is 36.5 Å². The number of carboxylic acid groups (broad SMARTS) is 1. The van der Waals surface area contributed by atoms with E-state index in [1.807, 2.05) is 0 Å². The Kier molecular flexibility index (Phi) is 8.53. The number of hydrogen-bond acceptors (Lipinski definition) is 7. The Morgan fingerprint density at radius 3 is 2.23 bits per heavy atom. The fourth-order valence-electron chi connectivity index (χ4n) is 4.34. The summed E-state index contributed by atoms with van der Waals surface area (Å²) >= 11 is 0. The summed E-state index contributed by atoms with van der Waals surface area (Å²) in [6.07, 6.45) is -0.0500. The van der Waals surface area contributed by atoms with Gasteiger partial charge in [-0.3, -0.25) is 14.4 Å². The van der Waals surface area contributed by atoms with Crippen LogP contribution in [0.1, 0.15) is 23.6 Å². The zero-order valence-electron chi connectivity index (χ0n) is 21.6. The first-order valence-electron chi connectivity index (χ1n) is 12.5. The Morgan fingerprint density at radius 1 is 0.900 bits per heavy atom. The monoisotopic (exact) mass is 547 g/mol. The molecular formula is C29H29N3O8. The minimum atomic E-state index is -1.37. The Bertz CT molecular complexity index is 1410. The van der Waals surface area contributed by atoms with E-state index >= 15 is 0 Å². The van der Waals surface area contributed by atoms with Gasteiger partial charge in [0.25, 0.3) is 0 Å². The van der Waals surface area contributed by atoms with Crippen LogP contribution in [0.15, 0.2) is 66.7 Å². The second-order valence-electron chi connectivity index (χ2n) is 9.54. The molecule has 11 heteroatoms. The fourth-order valence-corrected chi connectivity index (χ4v) is 4.34. The van der Waals surface area contributed by atoms with E-state index in [1.54, 1.807) is 36.4 Å². The fraction of sp³-hybridized carbons (Fsp3) is 0.241. The van der Waals surface area contributed by atoms with Gasteiger partial charge in [-0.1, -0.05) is 30.3 Å². The summed E-state index contributed by atoms with van der Waals surface area (Å²) in [5, 5.41) is 37.5. The maximum Gasteiger partial charge on any atom is 0.326 e. The zero-order valence-corrected chi connectivity index (χ0v) is 21.6. The maximum absolute atomic E-state index is 13.4. The number of aromatic hydroxyl groups is 2. The lowest BCUT2D eigenvalue weighted by Crippen LogP contribution is -2.57. The first-order valence-corrected chi connectivity index (χ1v) is 12.5. The van der Waals surface area contributed by atoms with E-state index in [2.05, 4.69) is 16.0 Å². The van der Waals surface area contributed by atoms with Gasteiger partial charge < -0.3 is 36.0 Å². The van der Waals surface area contributed by atoms with Crippen molar-refractivity contribution in [3.05, 3.63) is 83.4 Å². The van der Waals surface area contributed by atoms with Gasteiger partial charge in [0.05, 0.1) is 0 Å². The zero-order chi connectivity index (χ0) is 28.8. The van der Waals surface area contributed by atoms with Crippen molar-refractivity contribution in [1.82, 2.24) is 16.0 Å². The highest BCUT2D eigenvalue weighted by molar-refractivity contribution is 5.93. The molecule has 0 fully saturated rings. The van der Waals surface area contributed by atoms with Crippen LogP contribution in [0, 0.1) is 0 Å². The molecule has 5 rings (SSSR count). The number of phenolic OH excluding ortho intramolecular Hbond substituents is 2. The summed E-state index contributed by atoms with van der Waals surface area (Å²) in [6.45, 7) is 1.27. The van der Waals surface area contributed by atoms with Crippen LogP contribution in [-0.4, -0.2) is 57.1 Å². The maximum atomic E-state index is 13.4. The number of phenols is 2. The molecule has 208 valence electrons. The quantitative estimate of drug-likeness (QED) is 0.287. The Balaban J connectivity index is 1.74. The summed E-state index contributed by atoms with van der Waals surface area (Å²) < 4.78 is 5.80. The number of fused-ring (bicyclic) bond motifs is 10. The Labute approximate surface area is 229 Å². The lowest BCUT2D eigenvalue weighted by molar-refractivity contribution is -0.142. The average Bonchev–Trinajstić information content (AvgIpc) is 2.90. The van der Waals surface area contributed by atoms with Crippen LogP contribution in [0.2, 0.25) is 0 Å². The van der Waals surface area contributed by atoms with E-state index in [4.69, 9.17) is 4.74 Å². The van der Waals surface area contributed by atoms with Crippen molar-refractivity contribution in [2.24, 2.45) is 0 Å². The Hall–Kier alpha value is -5.06. The minimum Gasteiger partial charge on any atom is -0.508 e. The molecule has 2 unspecified atom stereocenters. The number of hydrogen-bond donors (Lipinski definition) is 6. The normalized spacial score (nSPS) is 19.5. The van der Waals surface area contributed by atoms with Gasteiger partial charge in [-0.25, -0.2) is 4.79 Å². The molecule has 2 aliphatic heterocycles. The third-order valence-electron chi connectivity index (χ3n) is 6.37. The smallest absolute Gasteiger partial charge is 0.326 e. The number of nitrogens with one attached hydrogen (secondary N) is 3. The molecule has 0 saturated carbocycles. The molecule has 2 aliphatic rings. The van der Waals surface area contributed by atoms with E-state index < -0.39 is 41.8 Å². The number of rotatable bonds is 4. The van der Waals surface area contributed by atoms with Gasteiger partial charge in [0.1, 0.15) is 29.6 Å². The van der Waals surface area contributed by atoms with Crippen LogP contribution in [0.4, 0.5) is 0 Å². The minimum absolute atomic E-state index is 0.0110. The molecule has 3 aromatic carbocycles. The molecule has 0 spiro atoms. The second kappa shape index (κ2) is 12.2. The molecule has 4 bridgehead atoms. The standard InChI is InChI=1S/C29H29N3O8/c1-16(33)30-22-12-18-4-9-21(10-5-18)40-26-15-19(6-11-25(26)35)14-24(29(38)39)32-28(37)23(31-27(22)36)13-17-2-7-20(34)8-3-17/h2-11,15,22-24,34-35H,12-14H2,1H3,(H,30,33)(H,31,36)(H,32,37)(H,38,39)/t22?,23-,24?/m0/s1. The van der Waals surface area contributed by atoms with Crippen LogP contribution in [-0.2, 0) is 38.4 Å². The number of ether oxygens (including phenoxy) is 1. The Morgan fingerprint density at radius 2 is 1.57 bits per heavy atom. The molecule has 3 atom stereocenters. The summed E-state index contributed by atoms with van der Waals surface area (Å²) in [7, 11) is 0. The molecule has 40 heavy (non-hydrogen) atoms. The van der Waals surface area contributed by atoms with Crippen molar-refractivity contribution in [3.63, 3.8) is 0 Å². The van der Waals surface area contributed by atoms with Crippen molar-refractivity contribution < 1.29 is 39.2 Å². The highest BCUT2D eigenvalue weighted by atomic mass is 16.5. The number of benzene rings is 3. The van der Waals surface area contributed by atoms with Crippen LogP contribution < -0.4 is 20.7 Å². The number of amides is 3. The summed E-state index contributed by atoms with van der Waals surface area (Å²) in [5.41, 5.74) is 1.77. The van der Waals surface area contributed by atoms with Gasteiger partial charge >= 0.3 is 5.97 Å². The van der Waals surface area contributed by atoms with Crippen LogP contribution in [0.3, 0.4) is 0 Å². The average molecular weight is 548 g/mol. The first kappa shape index (κ1) is 28.0. The van der Waals surface area contributed by atoms with Crippen LogP contribution in [0.5, 0.6) is 23.0 Å². The second-order valence-corrected chi connectivity index (χ2v) is 9.54. The van der Waals surface area contributed by atoms with E-state index in [0.717, 1.165) is 0 Å². The van der Waals surface area contributed by atoms with Crippen molar-refractivity contribution >= 4 is 23.7 Å². The molecule has 0 aliphatic carbocycles. The third kappa shape index (κ3) is 7.28. The molecule has 6 N–H and O–H groups in total. The predicted molar refractivity (Wildman–Crippen MR) is 143 cm³/mol. The highest BCUT2D eigenvalue weighted by Gasteiger charge is 2.30. The predicted octanol–water partition coefficient (Wildman–Crippen LogP) is 1.79. The van der Waals surface area contributed by atoms with Crippen LogP contribution >= 0.6 is 0 Å². The van der Waals surface area contributed by atoms with Gasteiger partial charge in [0, 0.05) is 26.2 Å². The third-order valence-corrected chi connectivity index (χ3v) is 6.37. The molecule has 0 saturated heterocycles. The lowest BCUT2D eigenvalue weighted by Gasteiger charge is -2.24. The topological polar surface area (TPSA) is 174 Å². The molecule has 2 heterocycles. The van der Waals surface area contributed by atoms with Crippen molar-refractivity contribution in [2.75, 3.05) is 0 Å². The summed E-state index contributed by atoms with van der Waals surface area (Å²) in [6, 6.07) is 13.5. The van der Waals surface area contributed by atoms with Gasteiger partial charge in [-0.2, -0.15) is 0 Å². The van der Waals surface area contributed by atoms with Crippen molar-refractivity contribution in [2.45, 2.75) is 44.3 Å². The van der Waals surface area contributed by atoms with Crippen LogP contribution in [0.25, 0.3) is 0 Å². The molecule has 11 nitrogen and oxygen atoms in total. The van der Waals surface area contributed by atoms with Gasteiger partial charge in [-0.15, -0.1) is 0 Å².